The molecule has 1 atom stereocenters. The average Bonchev–Trinajstić information content (AvgIpc) is 1.87. The number of carbonyl (C=O) groups is 1. The van der Waals surface area contributed by atoms with Gasteiger partial charge in [0.25, 0.3) is 0 Å². The Morgan fingerprint density at radius 3 is 2.91 bits per heavy atom. The second kappa shape index (κ2) is 6.15. The molecule has 0 aliphatic heterocycles. The molecule has 1 unspecified atom stereocenters. The highest BCUT2D eigenvalue weighted by Crippen LogP contribution is 1.92. The van der Waals surface area contributed by atoms with Gasteiger partial charge in [0, 0.05) is 11.6 Å². The van der Waals surface area contributed by atoms with Crippen LogP contribution in [-0.4, -0.2) is 18.7 Å². The van der Waals surface area contributed by atoms with Gasteiger partial charge in [0.1, 0.15) is 12.7 Å². The van der Waals surface area contributed by atoms with Crippen LogP contribution < -0.4 is 5.90 Å². The molecule has 0 bridgehead atoms. The topological polar surface area (TPSA) is 61.6 Å². The van der Waals surface area contributed by atoms with E-state index in [1.54, 1.807) is 6.92 Å². The maximum atomic E-state index is 10.6. The quantitative estimate of drug-likeness (QED) is 0.389. The van der Waals surface area contributed by atoms with Crippen LogP contribution in [0.1, 0.15) is 6.92 Å². The molecule has 5 heteroatoms. The van der Waals surface area contributed by atoms with Gasteiger partial charge in [-0.2, -0.15) is 0 Å². The monoisotopic (exact) mass is 179 g/mol. The Morgan fingerprint density at radius 1 is 1.82 bits per heavy atom. The van der Waals surface area contributed by atoms with Crippen LogP contribution in [0.15, 0.2) is 11.6 Å². The first-order chi connectivity index (χ1) is 5.20. The SMILES string of the molecule is CC(CON)OC(=O)C=CCl. The van der Waals surface area contributed by atoms with Crippen LogP contribution in [0.2, 0.25) is 0 Å². The van der Waals surface area contributed by atoms with Gasteiger partial charge in [-0.15, -0.1) is 0 Å². The molecular weight excluding hydrogens is 170 g/mol. The van der Waals surface area contributed by atoms with Gasteiger partial charge >= 0.3 is 5.97 Å². The summed E-state index contributed by atoms with van der Waals surface area (Å²) in [6, 6.07) is 0. The van der Waals surface area contributed by atoms with E-state index in [9.17, 15) is 4.79 Å². The molecule has 0 aliphatic rings. The van der Waals surface area contributed by atoms with Crippen molar-refractivity contribution in [1.29, 1.82) is 0 Å². The molecule has 64 valence electrons. The third kappa shape index (κ3) is 5.84. The van der Waals surface area contributed by atoms with Crippen LogP contribution in [0.3, 0.4) is 0 Å². The molecule has 0 aliphatic carbocycles. The van der Waals surface area contributed by atoms with Crippen molar-refractivity contribution in [1.82, 2.24) is 0 Å². The van der Waals surface area contributed by atoms with E-state index in [0.29, 0.717) is 0 Å². The van der Waals surface area contributed by atoms with Crippen molar-refractivity contribution >= 4 is 17.6 Å². The third-order valence-electron chi connectivity index (χ3n) is 0.847. The van der Waals surface area contributed by atoms with Crippen molar-refractivity contribution < 1.29 is 14.4 Å². The van der Waals surface area contributed by atoms with E-state index in [1.807, 2.05) is 0 Å². The zero-order chi connectivity index (χ0) is 8.69. The van der Waals surface area contributed by atoms with Crippen LogP contribution in [0, 0.1) is 0 Å². The summed E-state index contributed by atoms with van der Waals surface area (Å²) in [7, 11) is 0. The van der Waals surface area contributed by atoms with Crippen molar-refractivity contribution in [3.63, 3.8) is 0 Å². The van der Waals surface area contributed by atoms with Crippen LogP contribution >= 0.6 is 11.6 Å². The summed E-state index contributed by atoms with van der Waals surface area (Å²) in [6.45, 7) is 1.83. The van der Waals surface area contributed by atoms with Gasteiger partial charge in [-0.05, 0) is 6.92 Å². The van der Waals surface area contributed by atoms with Gasteiger partial charge in [-0.3, -0.25) is 0 Å². The smallest absolute Gasteiger partial charge is 0.331 e. The molecule has 0 heterocycles. The van der Waals surface area contributed by atoms with E-state index >= 15 is 0 Å². The van der Waals surface area contributed by atoms with E-state index in [4.69, 9.17) is 22.2 Å². The minimum Gasteiger partial charge on any atom is -0.457 e. The molecule has 11 heavy (non-hydrogen) atoms. The van der Waals surface area contributed by atoms with Crippen molar-refractivity contribution in [3.8, 4) is 0 Å². The van der Waals surface area contributed by atoms with Gasteiger partial charge in [-0.25, -0.2) is 10.7 Å². The predicted octanol–water partition coefficient (Wildman–Crippen LogP) is 0.561. The van der Waals surface area contributed by atoms with E-state index in [0.717, 1.165) is 11.6 Å². The lowest BCUT2D eigenvalue weighted by molar-refractivity contribution is -0.145. The third-order valence-corrected chi connectivity index (χ3v) is 0.973. The molecule has 0 amide bonds. The summed E-state index contributed by atoms with van der Waals surface area (Å²) in [5.41, 5.74) is 1.08. The fraction of sp³-hybridized carbons (Fsp3) is 0.500. The van der Waals surface area contributed by atoms with Crippen LogP contribution in [0.4, 0.5) is 0 Å². The number of nitrogens with two attached hydrogens (primary N) is 1. The molecule has 0 fully saturated rings. The number of carbonyl (C=O) groups excluding carboxylic acids is 1. The molecule has 0 aromatic heterocycles. The first-order valence-corrected chi connectivity index (χ1v) is 3.43. The standard InChI is InChI=1S/C6H10ClNO3/c1-5(4-10-8)11-6(9)2-3-7/h2-3,5H,4,8H2,1H3. The Bertz CT molecular complexity index is 149. The average molecular weight is 180 g/mol. The molecule has 4 nitrogen and oxygen atoms in total. The van der Waals surface area contributed by atoms with Crippen molar-refractivity contribution in [2.45, 2.75) is 13.0 Å². The molecule has 0 aromatic carbocycles. The number of halogens is 1. The van der Waals surface area contributed by atoms with Gasteiger partial charge in [-0.1, -0.05) is 11.6 Å². The second-order valence-electron chi connectivity index (χ2n) is 1.87. The summed E-state index contributed by atoms with van der Waals surface area (Å²) < 4.78 is 4.72. The summed E-state index contributed by atoms with van der Waals surface area (Å²) in [6.07, 6.45) is 0.745. The lowest BCUT2D eigenvalue weighted by atomic mass is 10.4. The zero-order valence-electron chi connectivity index (χ0n) is 6.12. The van der Waals surface area contributed by atoms with Crippen LogP contribution in [0.5, 0.6) is 0 Å². The van der Waals surface area contributed by atoms with E-state index in [-0.39, 0.29) is 12.7 Å². The van der Waals surface area contributed by atoms with E-state index < -0.39 is 5.97 Å². The molecule has 0 saturated carbocycles. The van der Waals surface area contributed by atoms with E-state index in [2.05, 4.69) is 4.84 Å². The lowest BCUT2D eigenvalue weighted by Gasteiger charge is -2.08. The number of hydrogen-bond acceptors (Lipinski definition) is 4. The largest absolute Gasteiger partial charge is 0.457 e. The molecule has 2 N–H and O–H groups in total. The molecule has 0 saturated heterocycles. The molecular formula is C6H10ClNO3. The first kappa shape index (κ1) is 10.4. The van der Waals surface area contributed by atoms with Gasteiger partial charge in [0.2, 0.25) is 0 Å². The van der Waals surface area contributed by atoms with Crippen molar-refractivity contribution in [3.05, 3.63) is 11.6 Å². The summed E-state index contributed by atoms with van der Waals surface area (Å²) in [5, 5.41) is 0. The number of esters is 1. The van der Waals surface area contributed by atoms with Gasteiger partial charge < -0.3 is 9.57 Å². The van der Waals surface area contributed by atoms with Gasteiger partial charge in [0.15, 0.2) is 0 Å². The lowest BCUT2D eigenvalue weighted by Crippen LogP contribution is -2.20. The zero-order valence-corrected chi connectivity index (χ0v) is 6.88. The summed E-state index contributed by atoms with van der Waals surface area (Å²) in [5.74, 6) is 4.23. The normalized spacial score (nSPS) is 13.4. The second-order valence-corrected chi connectivity index (χ2v) is 2.13. The predicted molar refractivity (Wildman–Crippen MR) is 40.7 cm³/mol. The first-order valence-electron chi connectivity index (χ1n) is 2.99. The Kier molecular flexibility index (Phi) is 5.83. The fourth-order valence-corrected chi connectivity index (χ4v) is 0.561. The minimum atomic E-state index is -0.510. The fourth-order valence-electron chi connectivity index (χ4n) is 0.459. The highest BCUT2D eigenvalue weighted by Gasteiger charge is 2.05. The molecule has 0 aromatic rings. The summed E-state index contributed by atoms with van der Waals surface area (Å²) in [4.78, 5) is 14.9. The maximum absolute atomic E-state index is 10.6. The van der Waals surface area contributed by atoms with Crippen molar-refractivity contribution in [2.75, 3.05) is 6.61 Å². The number of ether oxygens (including phenoxy) is 1. The summed E-state index contributed by atoms with van der Waals surface area (Å²) >= 11 is 5.12. The highest BCUT2D eigenvalue weighted by molar-refractivity contribution is 6.26. The number of rotatable bonds is 4. The Hall–Kier alpha value is -0.580. The number of hydrogen-bond donors (Lipinski definition) is 1. The Labute approximate surface area is 69.9 Å². The van der Waals surface area contributed by atoms with Gasteiger partial charge in [0.05, 0.1) is 0 Å². The molecule has 0 radical (unpaired) electrons. The molecule has 0 rings (SSSR count). The van der Waals surface area contributed by atoms with Crippen molar-refractivity contribution in [2.24, 2.45) is 5.90 Å². The highest BCUT2D eigenvalue weighted by atomic mass is 35.5. The van der Waals surface area contributed by atoms with E-state index in [1.165, 1.54) is 0 Å². The Balaban J connectivity index is 3.57. The minimum absolute atomic E-state index is 0.169. The Morgan fingerprint density at radius 2 is 2.45 bits per heavy atom. The van der Waals surface area contributed by atoms with Crippen LogP contribution in [0.25, 0.3) is 0 Å². The maximum Gasteiger partial charge on any atom is 0.331 e. The molecule has 0 spiro atoms. The van der Waals surface area contributed by atoms with Crippen LogP contribution in [-0.2, 0) is 14.4 Å².